The number of ether oxygens (including phenoxy) is 1. The van der Waals surface area contributed by atoms with Gasteiger partial charge in [0.2, 0.25) is 10.0 Å². The smallest absolute Gasteiger partial charge is 0.251 e. The van der Waals surface area contributed by atoms with E-state index < -0.39 is 10.0 Å². The van der Waals surface area contributed by atoms with Gasteiger partial charge in [-0.3, -0.25) is 4.79 Å². The normalized spacial score (nSPS) is 12.9. The van der Waals surface area contributed by atoms with Crippen LogP contribution < -0.4 is 5.32 Å². The molecule has 0 spiro atoms. The number of amides is 1. The molecule has 26 heavy (non-hydrogen) atoms. The van der Waals surface area contributed by atoms with E-state index in [0.29, 0.717) is 5.56 Å². The summed E-state index contributed by atoms with van der Waals surface area (Å²) in [5.74, 6) is -0.326. The molecule has 1 aromatic heterocycles. The lowest BCUT2D eigenvalue weighted by Crippen LogP contribution is -2.29. The Hall–Kier alpha value is -1.78. The molecule has 7 nitrogen and oxygen atoms in total. The molecular weight excluding hydrogens is 376 g/mol. The number of carbonyl (C=O) groups excluding carboxylic acids is 1. The number of hydrogen-bond donors (Lipinski definition) is 2. The Morgan fingerprint density at radius 1 is 1.27 bits per heavy atom. The van der Waals surface area contributed by atoms with Crippen LogP contribution in [0.2, 0.25) is 0 Å². The average molecular weight is 399 g/mol. The number of hydrogen-bond acceptors (Lipinski definition) is 6. The summed E-state index contributed by atoms with van der Waals surface area (Å²) in [7, 11) is -0.623. The lowest BCUT2D eigenvalue weighted by molar-refractivity contribution is 0.0296. The van der Waals surface area contributed by atoms with Crippen molar-refractivity contribution in [2.24, 2.45) is 0 Å². The monoisotopic (exact) mass is 398 g/mol. The van der Waals surface area contributed by atoms with Gasteiger partial charge in [-0.25, -0.2) is 12.7 Å². The van der Waals surface area contributed by atoms with Crippen LogP contribution in [0, 0.1) is 0 Å². The van der Waals surface area contributed by atoms with Crippen LogP contribution in [0.15, 0.2) is 46.7 Å². The van der Waals surface area contributed by atoms with Gasteiger partial charge in [0.25, 0.3) is 5.91 Å². The SMILES string of the molecule is CN(C)S(=O)(=O)c1ccc(C(=O)NC[C@@H](OCCO)c2cccs2)cc1. The fraction of sp³-hybridized carbons (Fsp3) is 0.353. The van der Waals surface area contributed by atoms with E-state index in [9.17, 15) is 13.2 Å². The van der Waals surface area contributed by atoms with E-state index in [2.05, 4.69) is 5.32 Å². The van der Waals surface area contributed by atoms with E-state index in [4.69, 9.17) is 9.84 Å². The summed E-state index contributed by atoms with van der Waals surface area (Å²) >= 11 is 1.51. The van der Waals surface area contributed by atoms with Crippen LogP contribution in [-0.4, -0.2) is 57.6 Å². The maximum Gasteiger partial charge on any atom is 0.251 e. The van der Waals surface area contributed by atoms with E-state index in [1.807, 2.05) is 17.5 Å². The Balaban J connectivity index is 2.02. The number of aliphatic hydroxyl groups excluding tert-OH is 1. The molecule has 142 valence electrons. The van der Waals surface area contributed by atoms with Crippen LogP contribution >= 0.6 is 11.3 Å². The third-order valence-corrected chi connectivity index (χ3v) is 6.41. The van der Waals surface area contributed by atoms with Gasteiger partial charge >= 0.3 is 0 Å². The number of sulfonamides is 1. The van der Waals surface area contributed by atoms with Crippen LogP contribution in [0.3, 0.4) is 0 Å². The lowest BCUT2D eigenvalue weighted by atomic mass is 10.2. The summed E-state index contributed by atoms with van der Waals surface area (Å²) in [5.41, 5.74) is 0.356. The number of rotatable bonds is 9. The minimum Gasteiger partial charge on any atom is -0.394 e. The topological polar surface area (TPSA) is 95.9 Å². The fourth-order valence-corrected chi connectivity index (χ4v) is 3.86. The van der Waals surface area contributed by atoms with E-state index in [0.717, 1.165) is 9.18 Å². The van der Waals surface area contributed by atoms with Crippen LogP contribution in [0.25, 0.3) is 0 Å². The third-order valence-electron chi connectivity index (χ3n) is 3.61. The van der Waals surface area contributed by atoms with Crippen molar-refractivity contribution in [1.82, 2.24) is 9.62 Å². The molecule has 0 saturated carbocycles. The zero-order valence-electron chi connectivity index (χ0n) is 14.6. The predicted octanol–water partition coefficient (Wildman–Crippen LogP) is 1.48. The average Bonchev–Trinajstić information content (AvgIpc) is 3.16. The van der Waals surface area contributed by atoms with Crippen LogP contribution in [0.4, 0.5) is 0 Å². The highest BCUT2D eigenvalue weighted by atomic mass is 32.2. The minimum absolute atomic E-state index is 0.0996. The van der Waals surface area contributed by atoms with Gasteiger partial charge in [-0.15, -0.1) is 11.3 Å². The van der Waals surface area contributed by atoms with E-state index in [1.54, 1.807) is 0 Å². The first-order valence-electron chi connectivity index (χ1n) is 7.93. The lowest BCUT2D eigenvalue weighted by Gasteiger charge is -2.17. The van der Waals surface area contributed by atoms with Crippen molar-refractivity contribution in [3.63, 3.8) is 0 Å². The number of thiophene rings is 1. The highest BCUT2D eigenvalue weighted by Crippen LogP contribution is 2.22. The standard InChI is InChI=1S/C17H22N2O5S2/c1-19(2)26(22,23)14-7-5-13(6-8-14)17(21)18-12-15(24-10-9-20)16-4-3-11-25-16/h3-8,11,15,20H,9-10,12H2,1-2H3,(H,18,21)/t15-/m1/s1. The zero-order valence-corrected chi connectivity index (χ0v) is 16.2. The first kappa shape index (κ1) is 20.5. The molecule has 2 rings (SSSR count). The Morgan fingerprint density at radius 2 is 1.96 bits per heavy atom. The molecular formula is C17H22N2O5S2. The van der Waals surface area contributed by atoms with Gasteiger partial charge in [0.1, 0.15) is 6.10 Å². The van der Waals surface area contributed by atoms with Gasteiger partial charge in [0.05, 0.1) is 18.1 Å². The molecule has 2 N–H and O–H groups in total. The summed E-state index contributed by atoms with van der Waals surface area (Å²) in [6.07, 6.45) is -0.348. The molecule has 0 fully saturated rings. The molecule has 0 aliphatic heterocycles. The van der Waals surface area contributed by atoms with Crippen molar-refractivity contribution < 1.29 is 23.1 Å². The van der Waals surface area contributed by atoms with Crippen LogP contribution in [-0.2, 0) is 14.8 Å². The van der Waals surface area contributed by atoms with Gasteiger partial charge < -0.3 is 15.2 Å². The van der Waals surface area contributed by atoms with Crippen molar-refractivity contribution in [3.05, 3.63) is 52.2 Å². The number of nitrogens with one attached hydrogen (secondary N) is 1. The summed E-state index contributed by atoms with van der Waals surface area (Å²) in [4.78, 5) is 13.4. The summed E-state index contributed by atoms with van der Waals surface area (Å²) in [6, 6.07) is 9.55. The summed E-state index contributed by atoms with van der Waals surface area (Å²) < 4.78 is 30.8. The van der Waals surface area contributed by atoms with Gasteiger partial charge in [-0.2, -0.15) is 0 Å². The second-order valence-electron chi connectivity index (χ2n) is 5.62. The maximum atomic E-state index is 12.3. The number of carbonyl (C=O) groups is 1. The maximum absolute atomic E-state index is 12.3. The van der Waals surface area contributed by atoms with E-state index in [1.165, 1.54) is 49.7 Å². The Kier molecular flexibility index (Phi) is 7.30. The largest absolute Gasteiger partial charge is 0.394 e. The molecule has 1 atom stereocenters. The quantitative estimate of drug-likeness (QED) is 0.667. The van der Waals surface area contributed by atoms with Gasteiger partial charge in [-0.05, 0) is 35.7 Å². The van der Waals surface area contributed by atoms with Crippen LogP contribution in [0.1, 0.15) is 21.3 Å². The third kappa shape index (κ3) is 5.12. The van der Waals surface area contributed by atoms with Gasteiger partial charge in [-0.1, -0.05) is 6.07 Å². The first-order chi connectivity index (χ1) is 12.4. The molecule has 1 heterocycles. The molecule has 0 bridgehead atoms. The summed E-state index contributed by atoms with van der Waals surface area (Å²) in [5, 5.41) is 13.6. The van der Waals surface area contributed by atoms with Crippen molar-refractivity contribution >= 4 is 27.3 Å². The van der Waals surface area contributed by atoms with Crippen molar-refractivity contribution in [3.8, 4) is 0 Å². The Morgan fingerprint density at radius 3 is 2.50 bits per heavy atom. The van der Waals surface area contributed by atoms with Crippen molar-refractivity contribution in [2.45, 2.75) is 11.0 Å². The molecule has 1 amide bonds. The highest BCUT2D eigenvalue weighted by Gasteiger charge is 2.18. The molecule has 0 aliphatic carbocycles. The number of nitrogens with zero attached hydrogens (tertiary/aromatic N) is 1. The molecule has 0 saturated heterocycles. The number of benzene rings is 1. The second-order valence-corrected chi connectivity index (χ2v) is 8.75. The van der Waals surface area contributed by atoms with Crippen LogP contribution in [0.5, 0.6) is 0 Å². The predicted molar refractivity (Wildman–Crippen MR) is 99.7 cm³/mol. The minimum atomic E-state index is -3.53. The number of aliphatic hydroxyl groups is 1. The molecule has 0 unspecified atom stereocenters. The van der Waals surface area contributed by atoms with Crippen molar-refractivity contribution in [1.29, 1.82) is 0 Å². The fourth-order valence-electron chi connectivity index (χ4n) is 2.19. The van der Waals surface area contributed by atoms with E-state index >= 15 is 0 Å². The Bertz CT molecular complexity index is 802. The van der Waals surface area contributed by atoms with Crippen molar-refractivity contribution in [2.75, 3.05) is 33.9 Å². The van der Waals surface area contributed by atoms with E-state index in [-0.39, 0.29) is 36.7 Å². The molecule has 2 aromatic rings. The van der Waals surface area contributed by atoms with Gasteiger partial charge in [0.15, 0.2) is 0 Å². The molecule has 0 radical (unpaired) electrons. The zero-order chi connectivity index (χ0) is 19.2. The molecule has 1 aromatic carbocycles. The Labute approximate surface area is 157 Å². The van der Waals surface area contributed by atoms with Gasteiger partial charge in [0, 0.05) is 31.1 Å². The first-order valence-corrected chi connectivity index (χ1v) is 10.2. The highest BCUT2D eigenvalue weighted by molar-refractivity contribution is 7.89. The second kappa shape index (κ2) is 9.24. The summed E-state index contributed by atoms with van der Waals surface area (Å²) in [6.45, 7) is 0.324. The molecule has 0 aliphatic rings. The molecule has 9 heteroatoms.